The summed E-state index contributed by atoms with van der Waals surface area (Å²) in [6.07, 6.45) is 8.63. The molecule has 0 aromatic carbocycles. The maximum atomic E-state index is 5.40. The van der Waals surface area contributed by atoms with Gasteiger partial charge in [-0.2, -0.15) is 0 Å². The summed E-state index contributed by atoms with van der Waals surface area (Å²) < 4.78 is 2.91. The Bertz CT molecular complexity index is 612. The lowest BCUT2D eigenvalue weighted by molar-refractivity contribution is 0.509. The van der Waals surface area contributed by atoms with Crippen molar-refractivity contribution in [3.8, 4) is 0 Å². The molecule has 0 amide bonds. The lowest BCUT2D eigenvalue weighted by Crippen LogP contribution is -2.22. The second-order valence-electron chi connectivity index (χ2n) is 5.35. The summed E-state index contributed by atoms with van der Waals surface area (Å²) in [6.45, 7) is 0.778. The van der Waals surface area contributed by atoms with Crippen LogP contribution in [0, 0.1) is 4.77 Å². The first-order valence-corrected chi connectivity index (χ1v) is 7.43. The maximum absolute atomic E-state index is 5.40. The fourth-order valence-electron chi connectivity index (χ4n) is 2.89. The highest BCUT2D eigenvalue weighted by Crippen LogP contribution is 2.32. The summed E-state index contributed by atoms with van der Waals surface area (Å²) >= 11 is 5.40. The lowest BCUT2D eigenvalue weighted by Gasteiger charge is -2.21. The van der Waals surface area contributed by atoms with Crippen LogP contribution in [0.2, 0.25) is 0 Å². The first-order chi connectivity index (χ1) is 9.75. The highest BCUT2D eigenvalue weighted by molar-refractivity contribution is 7.71. The SMILES string of the molecule is CN(Cc1cccnc1)c1n[nH]c(=S)n1C1CCCC1. The third kappa shape index (κ3) is 2.60. The highest BCUT2D eigenvalue weighted by Gasteiger charge is 2.22. The van der Waals surface area contributed by atoms with Gasteiger partial charge in [0.05, 0.1) is 0 Å². The minimum atomic E-state index is 0.493. The number of rotatable bonds is 4. The number of H-pyrrole nitrogens is 1. The van der Waals surface area contributed by atoms with Crippen LogP contribution in [0.1, 0.15) is 37.3 Å². The van der Waals surface area contributed by atoms with E-state index >= 15 is 0 Å². The Labute approximate surface area is 123 Å². The Balaban J connectivity index is 1.84. The topological polar surface area (TPSA) is 49.7 Å². The second kappa shape index (κ2) is 5.75. The summed E-state index contributed by atoms with van der Waals surface area (Å²) in [5, 5.41) is 7.35. The quantitative estimate of drug-likeness (QED) is 0.879. The van der Waals surface area contributed by atoms with Crippen LogP contribution in [0.5, 0.6) is 0 Å². The van der Waals surface area contributed by atoms with Gasteiger partial charge in [0.1, 0.15) is 0 Å². The van der Waals surface area contributed by atoms with Crippen LogP contribution in [0.15, 0.2) is 24.5 Å². The van der Waals surface area contributed by atoms with Crippen molar-refractivity contribution >= 4 is 18.2 Å². The molecule has 106 valence electrons. The third-order valence-corrected chi connectivity index (χ3v) is 4.15. The van der Waals surface area contributed by atoms with Crippen molar-refractivity contribution in [3.05, 3.63) is 34.9 Å². The second-order valence-corrected chi connectivity index (χ2v) is 5.74. The Kier molecular flexibility index (Phi) is 3.82. The van der Waals surface area contributed by atoms with Crippen LogP contribution in [-0.4, -0.2) is 26.8 Å². The molecule has 0 unspecified atom stereocenters. The van der Waals surface area contributed by atoms with E-state index in [0.717, 1.165) is 17.3 Å². The molecule has 3 rings (SSSR count). The highest BCUT2D eigenvalue weighted by atomic mass is 32.1. The molecule has 6 heteroatoms. The molecule has 1 aliphatic carbocycles. The average Bonchev–Trinajstić information content (AvgIpc) is 3.08. The number of nitrogens with zero attached hydrogens (tertiary/aromatic N) is 4. The standard InChI is InChI=1S/C14H19N5S/c1-18(10-11-5-4-8-15-9-11)13-16-17-14(20)19(13)12-6-2-3-7-12/h4-5,8-9,12H,2-3,6-7,10H2,1H3,(H,17,20). The van der Waals surface area contributed by atoms with Crippen molar-refractivity contribution in [2.24, 2.45) is 0 Å². The molecule has 2 aromatic heterocycles. The van der Waals surface area contributed by atoms with Gasteiger partial charge in [-0.05, 0) is 36.7 Å². The van der Waals surface area contributed by atoms with Crippen LogP contribution in [-0.2, 0) is 6.54 Å². The van der Waals surface area contributed by atoms with Crippen LogP contribution in [0.3, 0.4) is 0 Å². The summed E-state index contributed by atoms with van der Waals surface area (Å²) in [4.78, 5) is 6.28. The first kappa shape index (κ1) is 13.3. The van der Waals surface area contributed by atoms with Crippen LogP contribution < -0.4 is 4.90 Å². The van der Waals surface area contributed by atoms with Crippen LogP contribution in [0.25, 0.3) is 0 Å². The summed E-state index contributed by atoms with van der Waals surface area (Å²) in [5.41, 5.74) is 1.17. The zero-order valence-corrected chi connectivity index (χ0v) is 12.4. The van der Waals surface area contributed by atoms with Gasteiger partial charge in [-0.3, -0.25) is 9.55 Å². The normalized spacial score (nSPS) is 15.7. The molecule has 5 nitrogen and oxygen atoms in total. The number of aromatic nitrogens is 4. The van der Waals surface area contributed by atoms with Gasteiger partial charge in [0.25, 0.3) is 0 Å². The van der Waals surface area contributed by atoms with Gasteiger partial charge in [0.15, 0.2) is 4.77 Å². The number of pyridine rings is 1. The lowest BCUT2D eigenvalue weighted by atomic mass is 10.2. The van der Waals surface area contributed by atoms with E-state index in [1.54, 1.807) is 6.20 Å². The van der Waals surface area contributed by atoms with E-state index in [1.165, 1.54) is 31.2 Å². The Morgan fingerprint density at radius 3 is 2.95 bits per heavy atom. The number of nitrogens with one attached hydrogen (secondary N) is 1. The number of anilines is 1. The van der Waals surface area contributed by atoms with Crippen molar-refractivity contribution in [2.75, 3.05) is 11.9 Å². The van der Waals surface area contributed by atoms with Crippen LogP contribution >= 0.6 is 12.2 Å². The molecule has 20 heavy (non-hydrogen) atoms. The molecule has 1 aliphatic rings. The predicted octanol–water partition coefficient (Wildman–Crippen LogP) is 3.09. The van der Waals surface area contributed by atoms with Crippen molar-refractivity contribution in [1.82, 2.24) is 19.7 Å². The minimum Gasteiger partial charge on any atom is -0.340 e. The molecule has 1 fully saturated rings. The van der Waals surface area contributed by atoms with Gasteiger partial charge in [0, 0.05) is 32.0 Å². The van der Waals surface area contributed by atoms with E-state index in [-0.39, 0.29) is 0 Å². The zero-order chi connectivity index (χ0) is 13.9. The Morgan fingerprint density at radius 1 is 1.45 bits per heavy atom. The van der Waals surface area contributed by atoms with E-state index < -0.39 is 0 Å². The molecule has 0 bridgehead atoms. The fraction of sp³-hybridized carbons (Fsp3) is 0.500. The molecular weight excluding hydrogens is 270 g/mol. The van der Waals surface area contributed by atoms with Gasteiger partial charge in [-0.25, -0.2) is 5.10 Å². The molecule has 0 saturated heterocycles. The molecule has 0 aliphatic heterocycles. The number of aromatic amines is 1. The molecule has 2 aromatic rings. The van der Waals surface area contributed by atoms with Crippen molar-refractivity contribution in [2.45, 2.75) is 38.3 Å². The van der Waals surface area contributed by atoms with Gasteiger partial charge in [-0.15, -0.1) is 5.10 Å². The van der Waals surface area contributed by atoms with Gasteiger partial charge in [-0.1, -0.05) is 18.9 Å². The van der Waals surface area contributed by atoms with Crippen molar-refractivity contribution in [3.63, 3.8) is 0 Å². The van der Waals surface area contributed by atoms with E-state index in [2.05, 4.69) is 30.7 Å². The van der Waals surface area contributed by atoms with Gasteiger partial charge in [0.2, 0.25) is 5.95 Å². The smallest absolute Gasteiger partial charge is 0.226 e. The Hall–Kier alpha value is -1.69. The van der Waals surface area contributed by atoms with Gasteiger partial charge >= 0.3 is 0 Å². The maximum Gasteiger partial charge on any atom is 0.226 e. The largest absolute Gasteiger partial charge is 0.340 e. The molecule has 1 N–H and O–H groups in total. The van der Waals surface area contributed by atoms with Crippen molar-refractivity contribution < 1.29 is 0 Å². The third-order valence-electron chi connectivity index (χ3n) is 3.86. The molecule has 0 spiro atoms. The van der Waals surface area contributed by atoms with Crippen molar-refractivity contribution in [1.29, 1.82) is 0 Å². The molecule has 0 atom stereocenters. The Morgan fingerprint density at radius 2 is 2.25 bits per heavy atom. The first-order valence-electron chi connectivity index (χ1n) is 7.02. The monoisotopic (exact) mass is 289 g/mol. The molecule has 1 saturated carbocycles. The predicted molar refractivity (Wildman–Crippen MR) is 81.3 cm³/mol. The molecular formula is C14H19N5S. The van der Waals surface area contributed by atoms with E-state index in [4.69, 9.17) is 12.2 Å². The molecule has 0 radical (unpaired) electrons. The van der Waals surface area contributed by atoms with E-state index in [9.17, 15) is 0 Å². The average molecular weight is 289 g/mol. The van der Waals surface area contributed by atoms with Gasteiger partial charge < -0.3 is 4.90 Å². The zero-order valence-electron chi connectivity index (χ0n) is 11.6. The van der Waals surface area contributed by atoms with E-state index in [0.29, 0.717) is 6.04 Å². The van der Waals surface area contributed by atoms with Crippen LogP contribution in [0.4, 0.5) is 5.95 Å². The fourth-order valence-corrected chi connectivity index (χ4v) is 3.17. The number of hydrogen-bond donors (Lipinski definition) is 1. The molecule has 2 heterocycles. The van der Waals surface area contributed by atoms with E-state index in [1.807, 2.05) is 19.3 Å². The minimum absolute atomic E-state index is 0.493. The summed E-state index contributed by atoms with van der Waals surface area (Å²) in [7, 11) is 2.05. The number of hydrogen-bond acceptors (Lipinski definition) is 4. The summed E-state index contributed by atoms with van der Waals surface area (Å²) in [6, 6.07) is 4.52. The summed E-state index contributed by atoms with van der Waals surface area (Å²) in [5.74, 6) is 0.922.